The molecule has 0 aromatic heterocycles. The molecule has 1 atom stereocenters. The van der Waals surface area contributed by atoms with Crippen molar-refractivity contribution in [2.75, 3.05) is 5.75 Å². The normalized spacial score (nSPS) is 12.2. The van der Waals surface area contributed by atoms with Crippen LogP contribution in [0.4, 0.5) is 0 Å². The van der Waals surface area contributed by atoms with Crippen LogP contribution in [0.3, 0.4) is 0 Å². The van der Waals surface area contributed by atoms with E-state index in [1.54, 1.807) is 0 Å². The summed E-state index contributed by atoms with van der Waals surface area (Å²) in [6.45, 7) is 3.22. The van der Waals surface area contributed by atoms with Gasteiger partial charge in [-0.1, -0.05) is 13.3 Å². The van der Waals surface area contributed by atoms with Gasteiger partial charge >= 0.3 is 11.9 Å². The fourth-order valence-electron chi connectivity index (χ4n) is 0.641. The maximum absolute atomic E-state index is 10.5. The number of hydrogen-bond donors (Lipinski definition) is 1. The van der Waals surface area contributed by atoms with Crippen LogP contribution in [0.2, 0.25) is 0 Å². The van der Waals surface area contributed by atoms with Crippen LogP contribution in [-0.4, -0.2) is 28.2 Å². The zero-order chi connectivity index (χ0) is 10.3. The molecule has 0 rings (SSSR count). The third-order valence-corrected chi connectivity index (χ3v) is 2.37. The van der Waals surface area contributed by atoms with Crippen LogP contribution in [0.25, 0.3) is 0 Å². The van der Waals surface area contributed by atoms with Crippen molar-refractivity contribution in [1.82, 2.24) is 0 Å². The van der Waals surface area contributed by atoms with Crippen LogP contribution in [-0.2, 0) is 14.3 Å². The van der Waals surface area contributed by atoms with E-state index in [4.69, 9.17) is 5.11 Å². The molecule has 76 valence electrons. The van der Waals surface area contributed by atoms with E-state index in [-0.39, 0.29) is 0 Å². The fraction of sp³-hybridized carbons (Fsp3) is 0.750. The Morgan fingerprint density at radius 1 is 1.54 bits per heavy atom. The van der Waals surface area contributed by atoms with E-state index in [0.29, 0.717) is 5.75 Å². The van der Waals surface area contributed by atoms with Gasteiger partial charge in [0.15, 0.2) is 0 Å². The first-order valence-corrected chi connectivity index (χ1v) is 5.14. The molecular weight excluding hydrogens is 192 g/mol. The molecule has 5 heteroatoms. The molecule has 1 N–H and O–H groups in total. The molecule has 0 saturated heterocycles. The van der Waals surface area contributed by atoms with E-state index in [9.17, 15) is 9.59 Å². The average Bonchev–Trinajstić information content (AvgIpc) is 2.02. The quantitative estimate of drug-likeness (QED) is 0.405. The van der Waals surface area contributed by atoms with Crippen molar-refractivity contribution in [3.63, 3.8) is 0 Å². The van der Waals surface area contributed by atoms with Gasteiger partial charge < -0.3 is 9.84 Å². The molecule has 0 fully saturated rings. The van der Waals surface area contributed by atoms with Crippen LogP contribution in [0.15, 0.2) is 0 Å². The molecule has 0 saturated carbocycles. The molecule has 13 heavy (non-hydrogen) atoms. The molecule has 0 spiro atoms. The van der Waals surface area contributed by atoms with Crippen molar-refractivity contribution >= 4 is 23.7 Å². The lowest BCUT2D eigenvalue weighted by Gasteiger charge is -2.10. The van der Waals surface area contributed by atoms with E-state index in [1.165, 1.54) is 6.92 Å². The maximum atomic E-state index is 10.5. The van der Waals surface area contributed by atoms with Crippen molar-refractivity contribution in [3.05, 3.63) is 0 Å². The molecule has 0 amide bonds. The molecule has 0 radical (unpaired) electrons. The summed E-state index contributed by atoms with van der Waals surface area (Å²) in [6, 6.07) is 0. The largest absolute Gasteiger partial charge is 0.478 e. The summed E-state index contributed by atoms with van der Waals surface area (Å²) >= 11 is 1.14. The maximum Gasteiger partial charge on any atom is 0.355 e. The number of carboxylic acids is 1. The van der Waals surface area contributed by atoms with Crippen molar-refractivity contribution in [2.24, 2.45) is 0 Å². The second-order valence-electron chi connectivity index (χ2n) is 2.50. The van der Waals surface area contributed by atoms with Gasteiger partial charge in [-0.15, -0.1) is 11.8 Å². The summed E-state index contributed by atoms with van der Waals surface area (Å²) in [6.07, 6.45) is 1.93. The number of carbonyl (C=O) groups excluding carboxylic acids is 1. The number of thioether (sulfide) groups is 1. The zero-order valence-electron chi connectivity index (χ0n) is 7.78. The van der Waals surface area contributed by atoms with Crippen molar-refractivity contribution < 1.29 is 19.4 Å². The van der Waals surface area contributed by atoms with Gasteiger partial charge in [0.2, 0.25) is 5.44 Å². The number of rotatable bonds is 6. The molecular formula is C8H14O4S. The monoisotopic (exact) mass is 206 g/mol. The summed E-state index contributed by atoms with van der Waals surface area (Å²) in [7, 11) is 0. The summed E-state index contributed by atoms with van der Waals surface area (Å²) in [5.74, 6) is -0.964. The van der Waals surface area contributed by atoms with Crippen molar-refractivity contribution in [3.8, 4) is 0 Å². The molecule has 0 aromatic rings. The van der Waals surface area contributed by atoms with E-state index in [1.807, 2.05) is 6.92 Å². The van der Waals surface area contributed by atoms with E-state index >= 15 is 0 Å². The SMILES string of the molecule is CCCCSC(OC(C)=O)C(=O)O. The molecule has 0 aromatic carbocycles. The van der Waals surface area contributed by atoms with Gasteiger partial charge in [0, 0.05) is 6.92 Å². The number of aliphatic carboxylic acids is 1. The van der Waals surface area contributed by atoms with Gasteiger partial charge in [-0.2, -0.15) is 0 Å². The smallest absolute Gasteiger partial charge is 0.355 e. The molecule has 0 heterocycles. The first-order valence-electron chi connectivity index (χ1n) is 4.09. The Balaban J connectivity index is 3.81. The van der Waals surface area contributed by atoms with E-state index < -0.39 is 17.4 Å². The molecule has 1 unspecified atom stereocenters. The minimum absolute atomic E-state index is 0.559. The first-order chi connectivity index (χ1) is 6.07. The Morgan fingerprint density at radius 2 is 2.15 bits per heavy atom. The Kier molecular flexibility index (Phi) is 6.40. The highest BCUT2D eigenvalue weighted by molar-refractivity contribution is 8.00. The van der Waals surface area contributed by atoms with Crippen LogP contribution in [0.1, 0.15) is 26.7 Å². The molecule has 0 bridgehead atoms. The number of esters is 1. The van der Waals surface area contributed by atoms with Crippen molar-refractivity contribution in [1.29, 1.82) is 0 Å². The highest BCUT2D eigenvalue weighted by Gasteiger charge is 2.20. The van der Waals surface area contributed by atoms with Gasteiger partial charge in [-0.3, -0.25) is 4.79 Å². The third-order valence-electron chi connectivity index (χ3n) is 1.24. The number of carboxylic acid groups (broad SMARTS) is 1. The molecule has 0 aliphatic carbocycles. The zero-order valence-corrected chi connectivity index (χ0v) is 8.60. The lowest BCUT2D eigenvalue weighted by Crippen LogP contribution is -2.22. The van der Waals surface area contributed by atoms with Gasteiger partial charge in [0.05, 0.1) is 0 Å². The predicted molar refractivity (Wildman–Crippen MR) is 50.6 cm³/mol. The van der Waals surface area contributed by atoms with Gasteiger partial charge in [-0.05, 0) is 12.2 Å². The average molecular weight is 206 g/mol. The van der Waals surface area contributed by atoms with Gasteiger partial charge in [-0.25, -0.2) is 4.79 Å². The number of unbranched alkanes of at least 4 members (excludes halogenated alkanes) is 1. The minimum Gasteiger partial charge on any atom is -0.478 e. The Labute approximate surface area is 81.6 Å². The molecule has 0 aliphatic rings. The van der Waals surface area contributed by atoms with Crippen LogP contribution in [0, 0.1) is 0 Å². The van der Waals surface area contributed by atoms with E-state index in [2.05, 4.69) is 4.74 Å². The van der Waals surface area contributed by atoms with Crippen molar-refractivity contribution in [2.45, 2.75) is 32.1 Å². The standard InChI is InChI=1S/C8H14O4S/c1-3-4-5-13-8(7(10)11)12-6(2)9/h8H,3-5H2,1-2H3,(H,10,11). The Hall–Kier alpha value is -0.710. The van der Waals surface area contributed by atoms with Gasteiger partial charge in [0.1, 0.15) is 0 Å². The minimum atomic E-state index is -1.10. The summed E-state index contributed by atoms with van der Waals surface area (Å²) in [5, 5.41) is 8.62. The number of hydrogen-bond acceptors (Lipinski definition) is 4. The molecule has 0 aliphatic heterocycles. The second-order valence-corrected chi connectivity index (χ2v) is 3.67. The lowest BCUT2D eigenvalue weighted by molar-refractivity contribution is -0.156. The van der Waals surface area contributed by atoms with Gasteiger partial charge in [0.25, 0.3) is 0 Å². The van der Waals surface area contributed by atoms with E-state index in [0.717, 1.165) is 24.6 Å². The van der Waals surface area contributed by atoms with Crippen LogP contribution < -0.4 is 0 Å². The number of carbonyl (C=O) groups is 2. The summed E-state index contributed by atoms with van der Waals surface area (Å²) < 4.78 is 4.58. The summed E-state index contributed by atoms with van der Waals surface area (Å²) in [5.41, 5.74) is -1.05. The third kappa shape index (κ3) is 6.45. The fourth-order valence-corrected chi connectivity index (χ4v) is 1.66. The highest BCUT2D eigenvalue weighted by Crippen LogP contribution is 2.14. The Morgan fingerprint density at radius 3 is 2.54 bits per heavy atom. The second kappa shape index (κ2) is 6.77. The highest BCUT2D eigenvalue weighted by atomic mass is 32.2. The topological polar surface area (TPSA) is 63.6 Å². The predicted octanol–water partition coefficient (Wildman–Crippen LogP) is 1.49. The molecule has 4 nitrogen and oxygen atoms in total. The number of ether oxygens (including phenoxy) is 1. The lowest BCUT2D eigenvalue weighted by atomic mass is 10.4. The summed E-state index contributed by atoms with van der Waals surface area (Å²) in [4.78, 5) is 21.0. The van der Waals surface area contributed by atoms with Crippen LogP contribution in [0.5, 0.6) is 0 Å². The Bertz CT molecular complexity index is 181. The first kappa shape index (κ1) is 12.3. The van der Waals surface area contributed by atoms with Crippen LogP contribution >= 0.6 is 11.8 Å².